The number of rotatable bonds is 4. The van der Waals surface area contributed by atoms with Gasteiger partial charge in [0.1, 0.15) is 10.3 Å². The summed E-state index contributed by atoms with van der Waals surface area (Å²) in [6, 6.07) is 17.2. The number of hydrogen-bond acceptors (Lipinski definition) is 5. The van der Waals surface area contributed by atoms with Gasteiger partial charge in [-0.25, -0.2) is 4.98 Å². The predicted octanol–water partition coefficient (Wildman–Crippen LogP) is 5.20. The van der Waals surface area contributed by atoms with Crippen LogP contribution in [-0.4, -0.2) is 15.3 Å². The molecule has 132 valence electrons. The van der Waals surface area contributed by atoms with E-state index >= 15 is 0 Å². The largest absolute Gasteiger partial charge is 0.321 e. The molecular weight excluding hydrogens is 376 g/mol. The Hall–Kier alpha value is -3.08. The summed E-state index contributed by atoms with van der Waals surface area (Å²) < 4.78 is 1.95. The van der Waals surface area contributed by atoms with Crippen LogP contribution in [0.1, 0.15) is 15.4 Å². The van der Waals surface area contributed by atoms with Crippen molar-refractivity contribution in [2.24, 2.45) is 0 Å². The average molecular weight is 390 g/mol. The minimum Gasteiger partial charge on any atom is -0.321 e. The molecule has 27 heavy (non-hydrogen) atoms. The molecule has 1 N–H and O–H groups in total. The Morgan fingerprint density at radius 1 is 1.19 bits per heavy atom. The van der Waals surface area contributed by atoms with Crippen molar-refractivity contribution in [2.75, 3.05) is 5.32 Å². The summed E-state index contributed by atoms with van der Waals surface area (Å²) in [4.78, 5) is 19.6. The van der Waals surface area contributed by atoms with E-state index in [1.807, 2.05) is 65.4 Å². The third-order valence-electron chi connectivity index (χ3n) is 4.11. The highest BCUT2D eigenvalue weighted by atomic mass is 32.2. The monoisotopic (exact) mass is 390 g/mol. The highest BCUT2D eigenvalue weighted by Gasteiger charge is 2.18. The molecule has 0 bridgehead atoms. The number of amides is 1. The summed E-state index contributed by atoms with van der Waals surface area (Å²) in [5, 5.41) is 13.6. The van der Waals surface area contributed by atoms with Crippen molar-refractivity contribution in [3.8, 4) is 16.7 Å². The molecule has 0 aliphatic heterocycles. The highest BCUT2D eigenvalue weighted by molar-refractivity contribution is 8.03. The first kappa shape index (κ1) is 17.3. The summed E-state index contributed by atoms with van der Waals surface area (Å²) in [6.45, 7) is 1.92. The fourth-order valence-corrected chi connectivity index (χ4v) is 4.14. The van der Waals surface area contributed by atoms with E-state index in [9.17, 15) is 4.79 Å². The van der Waals surface area contributed by atoms with Crippen LogP contribution in [0.5, 0.6) is 0 Å². The van der Waals surface area contributed by atoms with Gasteiger partial charge in [0.15, 0.2) is 4.96 Å². The standard InChI is InChI=1S/C20H14N4OS2/c1-13-18(19(25)22-15-7-9-16(10-8-15)26-12-21)27-20-23-17(11-24(13)20)14-5-3-2-4-6-14/h2-11H,1H3,(H,22,25). The van der Waals surface area contributed by atoms with Gasteiger partial charge in [0, 0.05) is 28.0 Å². The van der Waals surface area contributed by atoms with Crippen LogP contribution in [0.25, 0.3) is 16.2 Å². The lowest BCUT2D eigenvalue weighted by Gasteiger charge is -2.05. The predicted molar refractivity (Wildman–Crippen MR) is 109 cm³/mol. The van der Waals surface area contributed by atoms with E-state index in [0.29, 0.717) is 10.6 Å². The Bertz CT molecular complexity index is 1150. The first-order valence-corrected chi connectivity index (χ1v) is 9.80. The molecule has 0 unspecified atom stereocenters. The third-order valence-corrected chi connectivity index (χ3v) is 5.86. The molecule has 0 aliphatic rings. The maximum Gasteiger partial charge on any atom is 0.267 e. The summed E-state index contributed by atoms with van der Waals surface area (Å²) in [7, 11) is 0. The summed E-state index contributed by atoms with van der Waals surface area (Å²) in [6.07, 6.45) is 1.96. The Labute approximate surface area is 164 Å². The van der Waals surface area contributed by atoms with Gasteiger partial charge in [-0.2, -0.15) is 5.26 Å². The molecule has 0 radical (unpaired) electrons. The Morgan fingerprint density at radius 2 is 1.93 bits per heavy atom. The maximum absolute atomic E-state index is 12.7. The van der Waals surface area contributed by atoms with Crippen molar-refractivity contribution in [3.63, 3.8) is 0 Å². The number of carbonyl (C=O) groups excluding carboxylic acids is 1. The minimum absolute atomic E-state index is 0.162. The number of benzene rings is 2. The second-order valence-corrected chi connectivity index (χ2v) is 7.67. The zero-order chi connectivity index (χ0) is 18.8. The second-order valence-electron chi connectivity index (χ2n) is 5.83. The second kappa shape index (κ2) is 7.27. The number of thiocyanates is 1. The highest BCUT2D eigenvalue weighted by Crippen LogP contribution is 2.28. The van der Waals surface area contributed by atoms with Gasteiger partial charge in [0.05, 0.1) is 5.69 Å². The van der Waals surface area contributed by atoms with Gasteiger partial charge in [0.2, 0.25) is 0 Å². The van der Waals surface area contributed by atoms with E-state index in [-0.39, 0.29) is 5.91 Å². The van der Waals surface area contributed by atoms with E-state index in [4.69, 9.17) is 5.26 Å². The molecule has 5 nitrogen and oxygen atoms in total. The van der Waals surface area contributed by atoms with Crippen molar-refractivity contribution >= 4 is 39.7 Å². The number of aromatic nitrogens is 2. The summed E-state index contributed by atoms with van der Waals surface area (Å²) >= 11 is 2.46. The Morgan fingerprint density at radius 3 is 2.59 bits per heavy atom. The molecule has 1 amide bonds. The molecule has 0 saturated carbocycles. The Kier molecular flexibility index (Phi) is 4.67. The molecule has 0 aliphatic carbocycles. The van der Waals surface area contributed by atoms with E-state index in [2.05, 4.69) is 10.3 Å². The molecule has 2 heterocycles. The van der Waals surface area contributed by atoms with E-state index in [0.717, 1.165) is 38.6 Å². The number of aryl methyl sites for hydroxylation is 1. The molecule has 2 aromatic carbocycles. The lowest BCUT2D eigenvalue weighted by atomic mass is 10.2. The number of nitrogens with zero attached hydrogens (tertiary/aromatic N) is 3. The number of imidazole rings is 1. The fraction of sp³-hybridized carbons (Fsp3) is 0.0500. The number of thioether (sulfide) groups is 1. The van der Waals surface area contributed by atoms with Crippen molar-refractivity contribution < 1.29 is 4.79 Å². The van der Waals surface area contributed by atoms with Crippen LogP contribution in [0, 0.1) is 17.6 Å². The van der Waals surface area contributed by atoms with Crippen LogP contribution in [-0.2, 0) is 0 Å². The normalized spacial score (nSPS) is 10.7. The zero-order valence-corrected chi connectivity index (χ0v) is 16.0. The maximum atomic E-state index is 12.7. The molecule has 4 rings (SSSR count). The quantitative estimate of drug-likeness (QED) is 0.384. The summed E-state index contributed by atoms with van der Waals surface area (Å²) in [5.41, 5.74) is 3.49. The molecule has 2 aromatic heterocycles. The molecule has 0 atom stereocenters. The number of anilines is 1. The molecule has 0 spiro atoms. The van der Waals surface area contributed by atoms with Crippen LogP contribution in [0.4, 0.5) is 5.69 Å². The lowest BCUT2D eigenvalue weighted by molar-refractivity contribution is 0.102. The fourth-order valence-electron chi connectivity index (χ4n) is 2.76. The Balaban J connectivity index is 1.58. The number of nitriles is 1. The smallest absolute Gasteiger partial charge is 0.267 e. The lowest BCUT2D eigenvalue weighted by Crippen LogP contribution is -2.11. The van der Waals surface area contributed by atoms with Crippen molar-refractivity contribution in [1.29, 1.82) is 5.26 Å². The van der Waals surface area contributed by atoms with Gasteiger partial charge in [-0.3, -0.25) is 9.20 Å². The van der Waals surface area contributed by atoms with Crippen molar-refractivity contribution in [2.45, 2.75) is 11.8 Å². The minimum atomic E-state index is -0.162. The SMILES string of the molecule is Cc1c(C(=O)Nc2ccc(SC#N)cc2)sc2nc(-c3ccccc3)cn12. The zero-order valence-electron chi connectivity index (χ0n) is 14.3. The van der Waals surface area contributed by atoms with Gasteiger partial charge in [-0.05, 0) is 43.0 Å². The van der Waals surface area contributed by atoms with Gasteiger partial charge in [-0.15, -0.1) is 0 Å². The van der Waals surface area contributed by atoms with Gasteiger partial charge in [0.25, 0.3) is 5.91 Å². The third kappa shape index (κ3) is 3.45. The first-order chi connectivity index (χ1) is 13.2. The average Bonchev–Trinajstić information content (AvgIpc) is 3.24. The molecule has 4 aromatic rings. The first-order valence-electron chi connectivity index (χ1n) is 8.17. The van der Waals surface area contributed by atoms with Crippen molar-refractivity contribution in [3.05, 3.63) is 71.4 Å². The van der Waals surface area contributed by atoms with E-state index in [1.165, 1.54) is 11.3 Å². The molecular formula is C20H14N4OS2. The topological polar surface area (TPSA) is 70.2 Å². The van der Waals surface area contributed by atoms with Gasteiger partial charge < -0.3 is 5.32 Å². The van der Waals surface area contributed by atoms with Gasteiger partial charge in [-0.1, -0.05) is 41.7 Å². The van der Waals surface area contributed by atoms with Crippen LogP contribution < -0.4 is 5.32 Å². The van der Waals surface area contributed by atoms with E-state index < -0.39 is 0 Å². The van der Waals surface area contributed by atoms with Crippen molar-refractivity contribution in [1.82, 2.24) is 9.38 Å². The van der Waals surface area contributed by atoms with Crippen LogP contribution in [0.3, 0.4) is 0 Å². The number of carbonyl (C=O) groups is 1. The number of fused-ring (bicyclic) bond motifs is 1. The molecule has 0 fully saturated rings. The summed E-state index contributed by atoms with van der Waals surface area (Å²) in [5.74, 6) is -0.162. The van der Waals surface area contributed by atoms with E-state index in [1.54, 1.807) is 12.1 Å². The number of nitrogens with one attached hydrogen (secondary N) is 1. The number of hydrogen-bond donors (Lipinski definition) is 1. The van der Waals surface area contributed by atoms with Crippen LogP contribution in [0.15, 0.2) is 65.7 Å². The molecule has 0 saturated heterocycles. The van der Waals surface area contributed by atoms with Gasteiger partial charge >= 0.3 is 0 Å². The van der Waals surface area contributed by atoms with Crippen LogP contribution >= 0.6 is 23.1 Å². The molecule has 7 heteroatoms. The number of thiazole rings is 1. The van der Waals surface area contributed by atoms with Crippen LogP contribution in [0.2, 0.25) is 0 Å².